The molecule has 0 aromatic carbocycles. The molecule has 3 nitrogen and oxygen atoms in total. The first kappa shape index (κ1) is 35.7. The van der Waals surface area contributed by atoms with Crippen molar-refractivity contribution in [2.45, 2.75) is 96.9 Å². The van der Waals surface area contributed by atoms with Gasteiger partial charge in [0.05, 0.1) is 0 Å². The zero-order chi connectivity index (χ0) is 24.6. The number of aromatic nitrogens is 3. The molecule has 0 unspecified atom stereocenters. The second-order valence-electron chi connectivity index (χ2n) is 11.4. The summed E-state index contributed by atoms with van der Waals surface area (Å²) in [4.78, 5) is 11.1. The van der Waals surface area contributed by atoms with Crippen LogP contribution in [0.2, 0.25) is 0 Å². The van der Waals surface area contributed by atoms with Crippen molar-refractivity contribution in [3.05, 3.63) is 55.4 Å². The van der Waals surface area contributed by atoms with E-state index in [1.165, 1.54) is 6.33 Å². The van der Waals surface area contributed by atoms with Gasteiger partial charge in [0.25, 0.3) is 0 Å². The largest absolute Gasteiger partial charge is 0.265 e. The van der Waals surface area contributed by atoms with Crippen LogP contribution in [0.4, 0.5) is 0 Å². The van der Waals surface area contributed by atoms with Crippen LogP contribution in [0, 0.1) is 22.7 Å². The van der Waals surface area contributed by atoms with Crippen LogP contribution in [-0.2, 0) is 0 Å². The maximum atomic E-state index is 3.78. The van der Waals surface area contributed by atoms with E-state index in [1.807, 2.05) is 18.2 Å². The third-order valence-corrected chi connectivity index (χ3v) is 1.04. The molecule has 2 heterocycles. The van der Waals surface area contributed by atoms with Gasteiger partial charge < -0.3 is 0 Å². The first-order valence-electron chi connectivity index (χ1n) is 11.0. The molecule has 0 fully saturated rings. The van der Waals surface area contributed by atoms with Gasteiger partial charge in [0.2, 0.25) is 0 Å². The molecule has 0 saturated carbocycles. The van der Waals surface area contributed by atoms with Crippen molar-refractivity contribution in [2.75, 3.05) is 0 Å². The fraction of sp³-hybridized carbons (Fsp3) is 0.667. The van der Waals surface area contributed by atoms with Crippen LogP contribution < -0.4 is 0 Å². The van der Waals surface area contributed by atoms with Crippen LogP contribution in [0.25, 0.3) is 0 Å². The molecule has 0 atom stereocenters. The molecule has 176 valence electrons. The van der Waals surface area contributed by atoms with Gasteiger partial charge in [0, 0.05) is 24.8 Å². The predicted molar refractivity (Wildman–Crippen MR) is 138 cm³/mol. The van der Waals surface area contributed by atoms with Crippen LogP contribution in [0.5, 0.6) is 0 Å². The van der Waals surface area contributed by atoms with Crippen molar-refractivity contribution in [3.63, 3.8) is 0 Å². The molecule has 0 N–H and O–H groups in total. The van der Waals surface area contributed by atoms with E-state index in [0.29, 0.717) is 10.8 Å². The lowest BCUT2D eigenvalue weighted by molar-refractivity contribution is 0.469. The van der Waals surface area contributed by atoms with Crippen LogP contribution in [-0.4, -0.2) is 15.0 Å². The second kappa shape index (κ2) is 23.5. The first-order chi connectivity index (χ1) is 13.5. The number of rotatable bonds is 0. The normalized spacial score (nSPS) is 9.60. The van der Waals surface area contributed by atoms with Gasteiger partial charge in [-0.3, -0.25) is 4.98 Å². The van der Waals surface area contributed by atoms with E-state index in [2.05, 4.69) is 112 Å². The van der Waals surface area contributed by atoms with Gasteiger partial charge in [0.1, 0.15) is 6.33 Å². The number of hydrogen-bond donors (Lipinski definition) is 0. The fourth-order valence-electron chi connectivity index (χ4n) is 0.566. The summed E-state index contributed by atoms with van der Waals surface area (Å²) in [7, 11) is 0. The summed E-state index contributed by atoms with van der Waals surface area (Å²) in [6.45, 7) is 30.5. The molecule has 0 amide bonds. The molecule has 0 aliphatic heterocycles. The van der Waals surface area contributed by atoms with Crippen molar-refractivity contribution >= 4 is 0 Å². The summed E-state index contributed by atoms with van der Waals surface area (Å²) in [5.41, 5.74) is 1.00. The van der Waals surface area contributed by atoms with Gasteiger partial charge in [-0.05, 0) is 40.9 Å². The Morgan fingerprint density at radius 2 is 0.667 bits per heavy atom. The molecule has 0 saturated heterocycles. The average Bonchev–Trinajstić information content (AvgIpc) is 2.54. The van der Waals surface area contributed by atoms with Crippen molar-refractivity contribution in [1.29, 1.82) is 0 Å². The Kier molecular flexibility index (Phi) is 27.9. The molecule has 2 aromatic rings. The van der Waals surface area contributed by atoms with E-state index in [4.69, 9.17) is 0 Å². The Hall–Kier alpha value is -1.77. The molecule has 0 aliphatic carbocycles. The molecule has 0 aliphatic rings. The number of hydrogen-bond acceptors (Lipinski definition) is 3. The molecule has 2 rings (SSSR count). The average molecular weight is 420 g/mol. The highest BCUT2D eigenvalue weighted by atomic mass is 14.8. The van der Waals surface area contributed by atoms with E-state index >= 15 is 0 Å². The van der Waals surface area contributed by atoms with Gasteiger partial charge in [-0.15, -0.1) is 0 Å². The summed E-state index contributed by atoms with van der Waals surface area (Å²) in [5, 5.41) is 0. The second-order valence-corrected chi connectivity index (χ2v) is 11.4. The van der Waals surface area contributed by atoms with Crippen molar-refractivity contribution < 1.29 is 0 Å². The minimum Gasteiger partial charge on any atom is -0.265 e. The summed E-state index contributed by atoms with van der Waals surface area (Å²) in [5.74, 6) is 1.67. The highest BCUT2D eigenvalue weighted by Gasteiger charge is 1.96. The topological polar surface area (TPSA) is 38.7 Å². The quantitative estimate of drug-likeness (QED) is 0.427. The molecule has 3 heteroatoms. The van der Waals surface area contributed by atoms with E-state index < -0.39 is 0 Å². The van der Waals surface area contributed by atoms with E-state index in [-0.39, 0.29) is 0 Å². The Morgan fingerprint density at radius 3 is 0.733 bits per heavy atom. The molecule has 0 spiro atoms. The lowest BCUT2D eigenvalue weighted by Gasteiger charge is -2.05. The maximum absolute atomic E-state index is 3.78. The summed E-state index contributed by atoms with van der Waals surface area (Å²) in [6, 6.07) is 7.49. The van der Waals surface area contributed by atoms with Crippen LogP contribution >= 0.6 is 0 Å². The number of nitrogens with zero attached hydrogens (tertiary/aromatic N) is 3. The smallest absolute Gasteiger partial charge is 0.115 e. The minimum absolute atomic E-state index is 0.500. The van der Waals surface area contributed by atoms with Gasteiger partial charge >= 0.3 is 0 Å². The summed E-state index contributed by atoms with van der Waals surface area (Å²) >= 11 is 0. The van der Waals surface area contributed by atoms with Gasteiger partial charge in [-0.1, -0.05) is 103 Å². The van der Waals surface area contributed by atoms with Gasteiger partial charge in [0.15, 0.2) is 0 Å². The first-order valence-corrected chi connectivity index (χ1v) is 11.0. The van der Waals surface area contributed by atoms with Crippen LogP contribution in [0.1, 0.15) is 96.9 Å². The zero-order valence-electron chi connectivity index (χ0n) is 22.7. The van der Waals surface area contributed by atoms with Gasteiger partial charge in [-0.25, -0.2) is 9.97 Å². The molecular weight excluding hydrogens is 366 g/mol. The summed E-state index contributed by atoms with van der Waals surface area (Å²) in [6.07, 6.45) is 8.38. The third kappa shape index (κ3) is 160. The van der Waals surface area contributed by atoms with Crippen molar-refractivity contribution in [3.8, 4) is 0 Å². The lowest BCUT2D eigenvalue weighted by Crippen LogP contribution is -1.93. The van der Waals surface area contributed by atoms with Crippen LogP contribution in [0.15, 0.2) is 55.4 Å². The summed E-state index contributed by atoms with van der Waals surface area (Å²) < 4.78 is 0. The van der Waals surface area contributed by atoms with E-state index in [9.17, 15) is 0 Å². The minimum atomic E-state index is 0.500. The number of pyridine rings is 1. The SMILES string of the molecule is CC(C)(C)C.CC(C)(C)C.CC(C)C.CC(C)C.c1ccncc1.c1cncnc1. The Balaban J connectivity index is -0.000000137. The fourth-order valence-corrected chi connectivity index (χ4v) is 0.566. The third-order valence-electron chi connectivity index (χ3n) is 1.04. The molecular formula is C27H53N3. The predicted octanol–water partition coefficient (Wildman–Crippen LogP) is 8.99. The Labute approximate surface area is 190 Å². The highest BCUT2D eigenvalue weighted by molar-refractivity contribution is 4.88. The standard InChI is InChI=1S/C5H5N.2C5H12.C4H4N2.2C4H10/c1-2-4-6-5-3-1;2*1-5(2,3)4;1-2-5-4-6-3-1;2*1-4(2)3/h1-5H;2*1-4H3;1-4H;2*4H,1-3H3. The molecule has 2 aromatic heterocycles. The zero-order valence-corrected chi connectivity index (χ0v) is 22.7. The molecule has 0 bridgehead atoms. The Bertz CT molecular complexity index is 375. The molecule has 30 heavy (non-hydrogen) atoms. The highest BCUT2D eigenvalue weighted by Crippen LogP contribution is 2.08. The van der Waals surface area contributed by atoms with Crippen molar-refractivity contribution in [1.82, 2.24) is 15.0 Å². The van der Waals surface area contributed by atoms with Gasteiger partial charge in [-0.2, -0.15) is 0 Å². The van der Waals surface area contributed by atoms with E-state index in [0.717, 1.165) is 11.8 Å². The van der Waals surface area contributed by atoms with E-state index in [1.54, 1.807) is 30.9 Å². The Morgan fingerprint density at radius 1 is 0.433 bits per heavy atom. The lowest BCUT2D eigenvalue weighted by atomic mass is 10.0. The van der Waals surface area contributed by atoms with Crippen molar-refractivity contribution in [2.24, 2.45) is 22.7 Å². The maximum Gasteiger partial charge on any atom is 0.115 e. The molecule has 0 radical (unpaired) electrons. The van der Waals surface area contributed by atoms with Crippen LogP contribution in [0.3, 0.4) is 0 Å². The monoisotopic (exact) mass is 419 g/mol.